The van der Waals surface area contributed by atoms with Crippen LogP contribution >= 0.6 is 0 Å². The van der Waals surface area contributed by atoms with Gasteiger partial charge in [-0.3, -0.25) is 4.79 Å². The second kappa shape index (κ2) is 6.60. The number of methoxy groups -OCH3 is 1. The lowest BCUT2D eigenvalue weighted by Crippen LogP contribution is -2.46. The number of piperidine rings is 1. The Morgan fingerprint density at radius 1 is 1.52 bits per heavy atom. The molecule has 0 saturated carbocycles. The van der Waals surface area contributed by atoms with Crippen LogP contribution in [0.4, 0.5) is 11.6 Å². The molecule has 116 valence electrons. The van der Waals surface area contributed by atoms with E-state index in [9.17, 15) is 4.79 Å². The Morgan fingerprint density at radius 2 is 2.29 bits per heavy atom. The van der Waals surface area contributed by atoms with Gasteiger partial charge in [-0.2, -0.15) is 0 Å². The van der Waals surface area contributed by atoms with Gasteiger partial charge in [0.1, 0.15) is 6.33 Å². The minimum atomic E-state index is -0.258. The van der Waals surface area contributed by atoms with Crippen LogP contribution in [0.15, 0.2) is 6.33 Å². The molecule has 0 aromatic carbocycles. The number of primary amides is 1. The zero-order chi connectivity index (χ0) is 15.4. The molecule has 3 N–H and O–H groups in total. The van der Waals surface area contributed by atoms with E-state index >= 15 is 0 Å². The van der Waals surface area contributed by atoms with Gasteiger partial charge in [0.05, 0.1) is 13.0 Å². The summed E-state index contributed by atoms with van der Waals surface area (Å²) in [6, 6.07) is 0.277. The Kier molecular flexibility index (Phi) is 4.82. The van der Waals surface area contributed by atoms with Crippen molar-refractivity contribution in [2.45, 2.75) is 32.7 Å². The maximum Gasteiger partial charge on any atom is 0.222 e. The molecule has 1 aliphatic heterocycles. The number of rotatable bonds is 5. The summed E-state index contributed by atoms with van der Waals surface area (Å²) < 4.78 is 5.48. The molecule has 0 bridgehead atoms. The van der Waals surface area contributed by atoms with Gasteiger partial charge in [-0.15, -0.1) is 0 Å². The summed E-state index contributed by atoms with van der Waals surface area (Å²) in [5, 5.41) is 3.16. The number of nitrogens with zero attached hydrogens (tertiary/aromatic N) is 3. The largest absolute Gasteiger partial charge is 0.490 e. The fraction of sp³-hybridized carbons (Fsp3) is 0.643. The highest BCUT2D eigenvalue weighted by Crippen LogP contribution is 2.36. The lowest BCUT2D eigenvalue weighted by molar-refractivity contribution is -0.122. The standard InChI is InChI=1S/C14H23N5O2/c1-4-16-13-11(21-3)14(18-8-17-13)19-7-10(12(15)20)6-5-9(19)2/h8-10H,4-7H2,1-3H3,(H2,15,20)(H,16,17,18). The van der Waals surface area contributed by atoms with E-state index in [4.69, 9.17) is 10.5 Å². The van der Waals surface area contributed by atoms with E-state index in [0.717, 1.165) is 19.4 Å². The van der Waals surface area contributed by atoms with Crippen molar-refractivity contribution in [3.05, 3.63) is 6.33 Å². The SMILES string of the molecule is CCNc1ncnc(N2CC(C(N)=O)CCC2C)c1OC. The number of nitrogens with two attached hydrogens (primary N) is 1. The maximum absolute atomic E-state index is 11.5. The zero-order valence-corrected chi connectivity index (χ0v) is 12.8. The molecule has 1 aliphatic rings. The minimum Gasteiger partial charge on any atom is -0.490 e. The van der Waals surface area contributed by atoms with Crippen LogP contribution in [0.25, 0.3) is 0 Å². The highest BCUT2D eigenvalue weighted by molar-refractivity contribution is 5.78. The average molecular weight is 293 g/mol. The van der Waals surface area contributed by atoms with E-state index in [1.807, 2.05) is 6.92 Å². The first kappa shape index (κ1) is 15.3. The molecule has 2 rings (SSSR count). The van der Waals surface area contributed by atoms with E-state index in [2.05, 4.69) is 27.1 Å². The summed E-state index contributed by atoms with van der Waals surface area (Å²) in [4.78, 5) is 22.1. The van der Waals surface area contributed by atoms with Gasteiger partial charge in [0, 0.05) is 19.1 Å². The second-order valence-corrected chi connectivity index (χ2v) is 5.29. The topological polar surface area (TPSA) is 93.4 Å². The van der Waals surface area contributed by atoms with Crippen LogP contribution < -0.4 is 20.7 Å². The summed E-state index contributed by atoms with van der Waals surface area (Å²) >= 11 is 0. The van der Waals surface area contributed by atoms with Crippen molar-refractivity contribution in [1.29, 1.82) is 0 Å². The molecule has 2 unspecified atom stereocenters. The van der Waals surface area contributed by atoms with Gasteiger partial charge in [-0.25, -0.2) is 9.97 Å². The summed E-state index contributed by atoms with van der Waals surface area (Å²) in [6.07, 6.45) is 3.23. The number of nitrogens with one attached hydrogen (secondary N) is 1. The predicted octanol–water partition coefficient (Wildman–Crippen LogP) is 1.01. The van der Waals surface area contributed by atoms with Crippen molar-refractivity contribution in [3.8, 4) is 5.75 Å². The summed E-state index contributed by atoms with van der Waals surface area (Å²) in [5.74, 6) is 1.58. The van der Waals surface area contributed by atoms with Gasteiger partial charge in [-0.1, -0.05) is 0 Å². The number of carbonyl (C=O) groups is 1. The fourth-order valence-electron chi connectivity index (χ4n) is 2.68. The molecule has 7 heteroatoms. The molecule has 2 atom stereocenters. The molecule has 1 aromatic heterocycles. The van der Waals surface area contributed by atoms with Crippen LogP contribution in [0, 0.1) is 5.92 Å². The fourth-order valence-corrected chi connectivity index (χ4v) is 2.68. The molecule has 1 fully saturated rings. The predicted molar refractivity (Wildman–Crippen MR) is 81.5 cm³/mol. The first-order valence-corrected chi connectivity index (χ1v) is 7.27. The molecule has 0 radical (unpaired) electrons. The molecule has 1 saturated heterocycles. The Bertz CT molecular complexity index is 508. The number of hydrogen-bond acceptors (Lipinski definition) is 6. The Morgan fingerprint density at radius 3 is 2.90 bits per heavy atom. The summed E-state index contributed by atoms with van der Waals surface area (Å²) in [5.41, 5.74) is 5.46. The molecule has 0 spiro atoms. The van der Waals surface area contributed by atoms with Crippen molar-refractivity contribution < 1.29 is 9.53 Å². The van der Waals surface area contributed by atoms with Gasteiger partial charge in [0.25, 0.3) is 0 Å². The van der Waals surface area contributed by atoms with Crippen molar-refractivity contribution in [3.63, 3.8) is 0 Å². The summed E-state index contributed by atoms with van der Waals surface area (Å²) in [7, 11) is 1.60. The van der Waals surface area contributed by atoms with E-state index in [1.165, 1.54) is 6.33 Å². The number of ether oxygens (including phenoxy) is 1. The van der Waals surface area contributed by atoms with Crippen molar-refractivity contribution in [2.24, 2.45) is 11.7 Å². The number of aromatic nitrogens is 2. The zero-order valence-electron chi connectivity index (χ0n) is 12.8. The van der Waals surface area contributed by atoms with E-state index < -0.39 is 0 Å². The first-order chi connectivity index (χ1) is 10.1. The van der Waals surface area contributed by atoms with E-state index in [1.54, 1.807) is 7.11 Å². The first-order valence-electron chi connectivity index (χ1n) is 7.27. The van der Waals surface area contributed by atoms with Crippen molar-refractivity contribution in [1.82, 2.24) is 9.97 Å². The Labute approximate surface area is 124 Å². The summed E-state index contributed by atoms with van der Waals surface area (Å²) in [6.45, 7) is 5.42. The second-order valence-electron chi connectivity index (χ2n) is 5.29. The van der Waals surface area contributed by atoms with Crippen LogP contribution in [0.2, 0.25) is 0 Å². The van der Waals surface area contributed by atoms with Gasteiger partial charge < -0.3 is 20.7 Å². The van der Waals surface area contributed by atoms with E-state index in [0.29, 0.717) is 23.9 Å². The maximum atomic E-state index is 11.5. The van der Waals surface area contributed by atoms with Crippen LogP contribution in [-0.4, -0.2) is 42.1 Å². The third kappa shape index (κ3) is 3.17. The molecule has 1 amide bonds. The van der Waals surface area contributed by atoms with Crippen LogP contribution in [0.3, 0.4) is 0 Å². The van der Waals surface area contributed by atoms with Crippen LogP contribution in [0.5, 0.6) is 5.75 Å². The smallest absolute Gasteiger partial charge is 0.222 e. The minimum absolute atomic E-state index is 0.150. The van der Waals surface area contributed by atoms with Gasteiger partial charge >= 0.3 is 0 Å². The van der Waals surface area contributed by atoms with Crippen molar-refractivity contribution >= 4 is 17.5 Å². The Hall–Kier alpha value is -2.05. The number of hydrogen-bond donors (Lipinski definition) is 2. The quantitative estimate of drug-likeness (QED) is 0.841. The lowest BCUT2D eigenvalue weighted by Gasteiger charge is -2.38. The molecule has 1 aromatic rings. The lowest BCUT2D eigenvalue weighted by atomic mass is 9.93. The molecule has 0 aliphatic carbocycles. The normalized spacial score (nSPS) is 22.0. The Balaban J connectivity index is 2.34. The number of amides is 1. The highest BCUT2D eigenvalue weighted by Gasteiger charge is 2.31. The molecular formula is C14H23N5O2. The highest BCUT2D eigenvalue weighted by atomic mass is 16.5. The number of anilines is 2. The van der Waals surface area contributed by atoms with Gasteiger partial charge in [-0.05, 0) is 26.7 Å². The van der Waals surface area contributed by atoms with Crippen LogP contribution in [-0.2, 0) is 4.79 Å². The molecule has 2 heterocycles. The molecule has 21 heavy (non-hydrogen) atoms. The molecular weight excluding hydrogens is 270 g/mol. The monoisotopic (exact) mass is 293 g/mol. The number of carbonyl (C=O) groups excluding carboxylic acids is 1. The van der Waals surface area contributed by atoms with Gasteiger partial charge in [0.15, 0.2) is 11.6 Å². The average Bonchev–Trinajstić information content (AvgIpc) is 2.47. The third-order valence-electron chi connectivity index (χ3n) is 3.89. The van der Waals surface area contributed by atoms with Crippen molar-refractivity contribution in [2.75, 3.05) is 30.4 Å². The third-order valence-corrected chi connectivity index (χ3v) is 3.89. The van der Waals surface area contributed by atoms with Gasteiger partial charge in [0.2, 0.25) is 11.7 Å². The van der Waals surface area contributed by atoms with E-state index in [-0.39, 0.29) is 17.9 Å². The molecule has 7 nitrogen and oxygen atoms in total. The van der Waals surface area contributed by atoms with Crippen LogP contribution in [0.1, 0.15) is 26.7 Å².